The van der Waals surface area contributed by atoms with Crippen molar-refractivity contribution >= 4 is 32.9 Å². The minimum Gasteiger partial charge on any atom is -0.336 e. The van der Waals surface area contributed by atoms with Gasteiger partial charge in [0.15, 0.2) is 0 Å². The number of hydrogen-bond donors (Lipinski definition) is 0. The molecule has 1 nitrogen and oxygen atoms in total. The molecule has 31 heavy (non-hydrogen) atoms. The van der Waals surface area contributed by atoms with Gasteiger partial charge in [0.25, 0.3) is 0 Å². The zero-order valence-corrected chi connectivity index (χ0v) is 18.3. The van der Waals surface area contributed by atoms with Gasteiger partial charge < -0.3 is 4.90 Å². The van der Waals surface area contributed by atoms with E-state index in [0.717, 1.165) is 0 Å². The summed E-state index contributed by atoms with van der Waals surface area (Å²) in [6, 6.07) is 39.4. The van der Waals surface area contributed by atoms with Crippen molar-refractivity contribution in [3.8, 4) is 11.1 Å². The molecular formula is C30H27N. The summed E-state index contributed by atoms with van der Waals surface area (Å²) in [5, 5.41) is 5.16. The molecule has 0 bridgehead atoms. The molecule has 0 aliphatic heterocycles. The maximum atomic E-state index is 2.44. The molecular weight excluding hydrogens is 374 g/mol. The second-order valence-corrected chi connectivity index (χ2v) is 9.11. The number of anilines is 2. The van der Waals surface area contributed by atoms with Crippen LogP contribution in [0.4, 0.5) is 11.4 Å². The molecule has 0 atom stereocenters. The molecule has 0 aliphatic rings. The first kappa shape index (κ1) is 19.4. The lowest BCUT2D eigenvalue weighted by Crippen LogP contribution is -2.37. The zero-order chi connectivity index (χ0) is 21.4. The molecule has 5 rings (SSSR count). The largest absolute Gasteiger partial charge is 0.336 e. The topological polar surface area (TPSA) is 3.24 Å². The summed E-state index contributed by atoms with van der Waals surface area (Å²) in [5.74, 6) is 0. The van der Waals surface area contributed by atoms with E-state index in [-0.39, 0.29) is 5.54 Å². The molecule has 0 radical (unpaired) electrons. The molecule has 0 spiro atoms. The van der Waals surface area contributed by atoms with Crippen molar-refractivity contribution in [3.63, 3.8) is 0 Å². The minimum atomic E-state index is -0.0696. The van der Waals surface area contributed by atoms with Crippen LogP contribution < -0.4 is 4.90 Å². The van der Waals surface area contributed by atoms with Gasteiger partial charge in [0.05, 0.1) is 0 Å². The average molecular weight is 402 g/mol. The summed E-state index contributed by atoms with van der Waals surface area (Å²) >= 11 is 0. The van der Waals surface area contributed by atoms with E-state index in [1.54, 1.807) is 0 Å². The molecule has 5 aromatic carbocycles. The van der Waals surface area contributed by atoms with Crippen LogP contribution in [-0.2, 0) is 0 Å². The Morgan fingerprint density at radius 3 is 1.94 bits per heavy atom. The lowest BCUT2D eigenvalue weighted by Gasteiger charge is -2.38. The molecule has 0 amide bonds. The maximum absolute atomic E-state index is 2.44. The van der Waals surface area contributed by atoms with Gasteiger partial charge in [0.1, 0.15) is 0 Å². The highest BCUT2D eigenvalue weighted by Gasteiger charge is 2.24. The molecule has 1 heteroatoms. The smallest absolute Gasteiger partial charge is 0.0422 e. The van der Waals surface area contributed by atoms with Crippen LogP contribution in [-0.4, -0.2) is 5.54 Å². The van der Waals surface area contributed by atoms with Gasteiger partial charge in [-0.3, -0.25) is 0 Å². The van der Waals surface area contributed by atoms with E-state index in [0.29, 0.717) is 0 Å². The third kappa shape index (κ3) is 3.68. The number of hydrogen-bond acceptors (Lipinski definition) is 1. The second kappa shape index (κ2) is 7.59. The molecule has 152 valence electrons. The third-order valence-electron chi connectivity index (χ3n) is 5.87. The van der Waals surface area contributed by atoms with Crippen molar-refractivity contribution in [1.82, 2.24) is 0 Å². The monoisotopic (exact) mass is 401 g/mol. The molecule has 0 N–H and O–H groups in total. The Balaban J connectivity index is 1.65. The predicted octanol–water partition coefficient (Wildman–Crippen LogP) is 8.60. The fourth-order valence-corrected chi connectivity index (χ4v) is 4.52. The van der Waals surface area contributed by atoms with Crippen molar-refractivity contribution in [1.29, 1.82) is 0 Å². The van der Waals surface area contributed by atoms with E-state index in [4.69, 9.17) is 0 Å². The quantitative estimate of drug-likeness (QED) is 0.274. The van der Waals surface area contributed by atoms with Gasteiger partial charge in [-0.05, 0) is 77.7 Å². The Morgan fingerprint density at radius 1 is 0.484 bits per heavy atom. The maximum Gasteiger partial charge on any atom is 0.0422 e. The second-order valence-electron chi connectivity index (χ2n) is 9.11. The predicted molar refractivity (Wildman–Crippen MR) is 135 cm³/mol. The van der Waals surface area contributed by atoms with E-state index in [1.807, 2.05) is 0 Å². The van der Waals surface area contributed by atoms with E-state index in [1.165, 1.54) is 44.0 Å². The molecule has 0 saturated carbocycles. The zero-order valence-electron chi connectivity index (χ0n) is 18.3. The van der Waals surface area contributed by atoms with Crippen LogP contribution in [0.5, 0.6) is 0 Å². The Bertz CT molecular complexity index is 1360. The van der Waals surface area contributed by atoms with E-state index in [2.05, 4.69) is 135 Å². The van der Waals surface area contributed by atoms with Crippen molar-refractivity contribution in [2.75, 3.05) is 4.90 Å². The first-order valence-corrected chi connectivity index (χ1v) is 10.9. The SMILES string of the molecule is CC(C)(C)N(c1cccc(-c2ccccc2)c1)c1ccc2c(ccc3ccccc32)c1. The van der Waals surface area contributed by atoms with Gasteiger partial charge in [-0.15, -0.1) is 0 Å². The highest BCUT2D eigenvalue weighted by Crippen LogP contribution is 2.37. The number of rotatable bonds is 3. The van der Waals surface area contributed by atoms with Crippen LogP contribution in [0.3, 0.4) is 0 Å². The lowest BCUT2D eigenvalue weighted by molar-refractivity contribution is 0.560. The van der Waals surface area contributed by atoms with Crippen LogP contribution in [0.15, 0.2) is 109 Å². The fraction of sp³-hybridized carbons (Fsp3) is 0.133. The first-order valence-electron chi connectivity index (χ1n) is 10.9. The van der Waals surface area contributed by atoms with Crippen molar-refractivity contribution in [2.45, 2.75) is 26.3 Å². The summed E-state index contributed by atoms with van der Waals surface area (Å²) in [6.45, 7) is 6.81. The van der Waals surface area contributed by atoms with Crippen molar-refractivity contribution < 1.29 is 0 Å². The number of benzene rings is 5. The third-order valence-corrected chi connectivity index (χ3v) is 5.87. The van der Waals surface area contributed by atoms with Crippen LogP contribution in [0, 0.1) is 0 Å². The molecule has 5 aromatic rings. The van der Waals surface area contributed by atoms with Crippen LogP contribution in [0.1, 0.15) is 20.8 Å². The van der Waals surface area contributed by atoms with Gasteiger partial charge in [0, 0.05) is 16.9 Å². The molecule has 0 saturated heterocycles. The number of nitrogens with zero attached hydrogens (tertiary/aromatic N) is 1. The van der Waals surface area contributed by atoms with Crippen molar-refractivity contribution in [3.05, 3.63) is 109 Å². The molecule has 0 aliphatic carbocycles. The standard InChI is InChI=1S/C30H27N/c1-30(2,3)31(26-14-9-13-24(20-26)22-10-5-4-6-11-22)27-18-19-29-25(21-27)17-16-23-12-7-8-15-28(23)29/h4-21H,1-3H3. The van der Waals surface area contributed by atoms with E-state index >= 15 is 0 Å². The highest BCUT2D eigenvalue weighted by molar-refractivity contribution is 6.08. The highest BCUT2D eigenvalue weighted by atomic mass is 15.2. The summed E-state index contributed by atoms with van der Waals surface area (Å²) in [7, 11) is 0. The Morgan fingerprint density at radius 2 is 1.13 bits per heavy atom. The fourth-order valence-electron chi connectivity index (χ4n) is 4.52. The van der Waals surface area contributed by atoms with E-state index in [9.17, 15) is 0 Å². The summed E-state index contributed by atoms with van der Waals surface area (Å²) < 4.78 is 0. The van der Waals surface area contributed by atoms with Crippen LogP contribution in [0.25, 0.3) is 32.7 Å². The van der Waals surface area contributed by atoms with Crippen LogP contribution >= 0.6 is 0 Å². The first-order chi connectivity index (χ1) is 15.0. The summed E-state index contributed by atoms with van der Waals surface area (Å²) in [5.41, 5.74) is 4.82. The Kier molecular flexibility index (Phi) is 4.75. The Labute approximate surface area is 184 Å². The molecule has 0 unspecified atom stereocenters. The van der Waals surface area contributed by atoms with Gasteiger partial charge in [-0.25, -0.2) is 0 Å². The Hall–Kier alpha value is -3.58. The van der Waals surface area contributed by atoms with Gasteiger partial charge in [-0.2, -0.15) is 0 Å². The van der Waals surface area contributed by atoms with Crippen molar-refractivity contribution in [2.24, 2.45) is 0 Å². The average Bonchev–Trinajstić information content (AvgIpc) is 2.79. The molecule has 0 aromatic heterocycles. The van der Waals surface area contributed by atoms with E-state index < -0.39 is 0 Å². The van der Waals surface area contributed by atoms with Gasteiger partial charge in [0.2, 0.25) is 0 Å². The minimum absolute atomic E-state index is 0.0696. The molecule has 0 heterocycles. The molecule has 0 fully saturated rings. The number of fused-ring (bicyclic) bond motifs is 3. The lowest BCUT2D eigenvalue weighted by atomic mass is 9.98. The summed E-state index contributed by atoms with van der Waals surface area (Å²) in [4.78, 5) is 2.44. The normalized spacial score (nSPS) is 11.7. The summed E-state index contributed by atoms with van der Waals surface area (Å²) in [6.07, 6.45) is 0. The van der Waals surface area contributed by atoms with Crippen LogP contribution in [0.2, 0.25) is 0 Å². The van der Waals surface area contributed by atoms with Gasteiger partial charge in [-0.1, -0.05) is 84.9 Å². The van der Waals surface area contributed by atoms with Gasteiger partial charge >= 0.3 is 0 Å².